The van der Waals surface area contributed by atoms with Crippen LogP contribution in [0.25, 0.3) is 23.1 Å². The maximum atomic E-state index is 14.0. The standard InChI is InChI=1S/C28H20F3NO3S/c29-22-14-23-20(26(30)27(22)31)9-8-18(32-23)7-5-16-6-10-24-21(13-16)28(36-12-11-25(33)34)19-4-2-1-3-17(19)15-35-24/h1-10,13-14,28H,11-12,15H2,(H,33,34). The van der Waals surface area contributed by atoms with Gasteiger partial charge in [-0.2, -0.15) is 0 Å². The van der Waals surface area contributed by atoms with Crippen molar-refractivity contribution in [1.82, 2.24) is 4.98 Å². The first-order valence-corrected chi connectivity index (χ1v) is 12.3. The van der Waals surface area contributed by atoms with E-state index in [0.29, 0.717) is 18.1 Å². The van der Waals surface area contributed by atoms with E-state index in [0.717, 1.165) is 34.1 Å². The van der Waals surface area contributed by atoms with E-state index in [1.165, 1.54) is 12.1 Å². The van der Waals surface area contributed by atoms with Crippen molar-refractivity contribution in [1.29, 1.82) is 0 Å². The van der Waals surface area contributed by atoms with Gasteiger partial charge in [-0.05, 0) is 47.0 Å². The summed E-state index contributed by atoms with van der Waals surface area (Å²) in [7, 11) is 0. The fourth-order valence-corrected chi connectivity index (χ4v) is 5.46. The van der Waals surface area contributed by atoms with Crippen LogP contribution in [0.3, 0.4) is 0 Å². The van der Waals surface area contributed by atoms with Gasteiger partial charge in [-0.3, -0.25) is 4.79 Å². The number of carboxylic acid groups (broad SMARTS) is 1. The minimum Gasteiger partial charge on any atom is -0.489 e. The van der Waals surface area contributed by atoms with E-state index >= 15 is 0 Å². The Morgan fingerprint density at radius 3 is 2.69 bits per heavy atom. The number of rotatable bonds is 6. The smallest absolute Gasteiger partial charge is 0.304 e. The van der Waals surface area contributed by atoms with Gasteiger partial charge < -0.3 is 9.84 Å². The first-order chi connectivity index (χ1) is 17.4. The largest absolute Gasteiger partial charge is 0.489 e. The molecule has 36 heavy (non-hydrogen) atoms. The van der Waals surface area contributed by atoms with Crippen LogP contribution in [-0.4, -0.2) is 21.8 Å². The molecule has 8 heteroatoms. The lowest BCUT2D eigenvalue weighted by Gasteiger charge is -2.19. The van der Waals surface area contributed by atoms with Gasteiger partial charge in [0.25, 0.3) is 0 Å². The number of fused-ring (bicyclic) bond motifs is 3. The average Bonchev–Trinajstić information content (AvgIpc) is 3.02. The zero-order chi connectivity index (χ0) is 25.2. The summed E-state index contributed by atoms with van der Waals surface area (Å²) >= 11 is 1.55. The number of ether oxygens (including phenoxy) is 1. The van der Waals surface area contributed by atoms with Crippen LogP contribution in [0.2, 0.25) is 0 Å². The van der Waals surface area contributed by atoms with Gasteiger partial charge in [-0.1, -0.05) is 36.4 Å². The number of hydrogen-bond acceptors (Lipinski definition) is 4. The molecular formula is C28H20F3NO3S. The van der Waals surface area contributed by atoms with E-state index in [4.69, 9.17) is 9.84 Å². The minimum atomic E-state index is -1.52. The Morgan fingerprint density at radius 2 is 1.86 bits per heavy atom. The number of aliphatic carboxylic acids is 1. The molecule has 0 amide bonds. The zero-order valence-electron chi connectivity index (χ0n) is 18.9. The first kappa shape index (κ1) is 23.9. The van der Waals surface area contributed by atoms with E-state index in [1.807, 2.05) is 48.5 Å². The van der Waals surface area contributed by atoms with Gasteiger partial charge >= 0.3 is 5.97 Å². The third-order valence-electron chi connectivity index (χ3n) is 5.93. The van der Waals surface area contributed by atoms with Crippen LogP contribution < -0.4 is 4.74 Å². The molecule has 1 aromatic heterocycles. The Morgan fingerprint density at radius 1 is 1.03 bits per heavy atom. The second-order valence-electron chi connectivity index (χ2n) is 8.30. The number of carboxylic acids is 1. The third-order valence-corrected chi connectivity index (χ3v) is 7.21. The maximum absolute atomic E-state index is 14.0. The summed E-state index contributed by atoms with van der Waals surface area (Å²) in [6.07, 6.45) is 3.58. The number of carbonyl (C=O) groups is 1. The van der Waals surface area contributed by atoms with Crippen LogP contribution in [0.1, 0.15) is 39.6 Å². The van der Waals surface area contributed by atoms with Gasteiger partial charge in [0.05, 0.1) is 22.9 Å². The summed E-state index contributed by atoms with van der Waals surface area (Å²) in [5, 5.41) is 8.91. The highest BCUT2D eigenvalue weighted by atomic mass is 32.2. The summed E-state index contributed by atoms with van der Waals surface area (Å²) in [5.41, 5.74) is 4.39. The first-order valence-electron chi connectivity index (χ1n) is 11.2. The molecule has 4 nitrogen and oxygen atoms in total. The van der Waals surface area contributed by atoms with E-state index in [1.54, 1.807) is 17.8 Å². The van der Waals surface area contributed by atoms with Crippen molar-refractivity contribution in [2.75, 3.05) is 5.75 Å². The molecule has 0 spiro atoms. The summed E-state index contributed by atoms with van der Waals surface area (Å²) in [6, 6.07) is 17.5. The average molecular weight is 508 g/mol. The Balaban J connectivity index is 1.48. The normalized spacial score (nSPS) is 14.8. The monoisotopic (exact) mass is 507 g/mol. The predicted octanol–water partition coefficient (Wildman–Crippen LogP) is 7.01. The summed E-state index contributed by atoms with van der Waals surface area (Å²) in [6.45, 7) is 0.420. The van der Waals surface area contributed by atoms with E-state index in [-0.39, 0.29) is 22.6 Å². The van der Waals surface area contributed by atoms with Crippen molar-refractivity contribution >= 4 is 40.8 Å². The molecule has 3 aromatic carbocycles. The maximum Gasteiger partial charge on any atom is 0.304 e. The SMILES string of the molecule is O=C(O)CCSC1c2ccccc2COc2ccc(C=Cc3ccc4c(F)c(F)c(F)cc4n3)cc21. The van der Waals surface area contributed by atoms with Crippen LogP contribution in [0.5, 0.6) is 5.75 Å². The third kappa shape index (κ3) is 4.81. The van der Waals surface area contributed by atoms with E-state index in [2.05, 4.69) is 4.98 Å². The summed E-state index contributed by atoms with van der Waals surface area (Å²) < 4.78 is 47.2. The predicted molar refractivity (Wildman–Crippen MR) is 134 cm³/mol. The lowest BCUT2D eigenvalue weighted by atomic mass is 9.98. The summed E-state index contributed by atoms with van der Waals surface area (Å²) in [4.78, 5) is 15.3. The number of pyridine rings is 1. The molecule has 0 aliphatic carbocycles. The van der Waals surface area contributed by atoms with Crippen LogP contribution in [0.4, 0.5) is 13.2 Å². The Kier molecular flexibility index (Phi) is 6.69. The molecule has 1 N–H and O–H groups in total. The molecule has 2 heterocycles. The van der Waals surface area contributed by atoms with Gasteiger partial charge in [-0.15, -0.1) is 11.8 Å². The number of benzene rings is 3. The molecule has 1 atom stereocenters. The van der Waals surface area contributed by atoms with Crippen molar-refractivity contribution in [2.45, 2.75) is 18.3 Å². The van der Waals surface area contributed by atoms with Gasteiger partial charge in [-0.25, -0.2) is 18.2 Å². The number of nitrogens with zero attached hydrogens (tertiary/aromatic N) is 1. The van der Waals surface area contributed by atoms with Crippen LogP contribution >= 0.6 is 11.8 Å². The van der Waals surface area contributed by atoms with Crippen molar-refractivity contribution in [3.63, 3.8) is 0 Å². The van der Waals surface area contributed by atoms with Crippen LogP contribution in [-0.2, 0) is 11.4 Å². The highest BCUT2D eigenvalue weighted by Crippen LogP contribution is 2.44. The van der Waals surface area contributed by atoms with E-state index in [9.17, 15) is 18.0 Å². The zero-order valence-corrected chi connectivity index (χ0v) is 19.7. The molecule has 0 fully saturated rings. The number of aromatic nitrogens is 1. The molecule has 0 saturated carbocycles. The Hall–Kier alpha value is -3.78. The molecule has 1 aliphatic rings. The highest BCUT2D eigenvalue weighted by Gasteiger charge is 2.25. The lowest BCUT2D eigenvalue weighted by molar-refractivity contribution is -0.136. The van der Waals surface area contributed by atoms with Gasteiger partial charge in [0.1, 0.15) is 12.4 Å². The highest BCUT2D eigenvalue weighted by molar-refractivity contribution is 7.99. The van der Waals surface area contributed by atoms with Crippen molar-refractivity contribution < 1.29 is 27.8 Å². The van der Waals surface area contributed by atoms with Crippen LogP contribution in [0.15, 0.2) is 60.7 Å². The Labute approximate surface area is 209 Å². The second-order valence-corrected chi connectivity index (χ2v) is 9.51. The second kappa shape index (κ2) is 10.1. The summed E-state index contributed by atoms with van der Waals surface area (Å²) in [5.74, 6) is -3.73. The van der Waals surface area contributed by atoms with Crippen molar-refractivity contribution in [3.05, 3.63) is 106 Å². The Bertz CT molecular complexity index is 1510. The molecule has 1 unspecified atom stereocenters. The molecule has 0 bridgehead atoms. The topological polar surface area (TPSA) is 59.4 Å². The van der Waals surface area contributed by atoms with E-state index < -0.39 is 23.4 Å². The van der Waals surface area contributed by atoms with Gasteiger partial charge in [0.2, 0.25) is 0 Å². The minimum absolute atomic E-state index is 0.0235. The van der Waals surface area contributed by atoms with Crippen molar-refractivity contribution in [2.24, 2.45) is 0 Å². The molecular weight excluding hydrogens is 487 g/mol. The molecule has 1 aliphatic heterocycles. The van der Waals surface area contributed by atoms with Crippen LogP contribution in [0, 0.1) is 17.5 Å². The lowest BCUT2D eigenvalue weighted by Crippen LogP contribution is -2.03. The fourth-order valence-electron chi connectivity index (χ4n) is 4.16. The molecule has 182 valence electrons. The molecule has 0 radical (unpaired) electrons. The number of thioether (sulfide) groups is 1. The van der Waals surface area contributed by atoms with Gasteiger partial charge in [0, 0.05) is 22.8 Å². The van der Waals surface area contributed by atoms with Gasteiger partial charge in [0.15, 0.2) is 17.5 Å². The fraction of sp³-hybridized carbons (Fsp3) is 0.143. The molecule has 5 rings (SSSR count). The number of halogens is 3. The molecule has 0 saturated heterocycles. The van der Waals surface area contributed by atoms with Crippen molar-refractivity contribution in [3.8, 4) is 5.75 Å². The molecule has 4 aromatic rings. The quantitative estimate of drug-likeness (QED) is 0.285. The number of hydrogen-bond donors (Lipinski definition) is 1.